The Morgan fingerprint density at radius 3 is 2.56 bits per heavy atom. The highest BCUT2D eigenvalue weighted by molar-refractivity contribution is 7.89. The number of hydrogen-bond donors (Lipinski definition) is 1. The van der Waals surface area contributed by atoms with Crippen LogP contribution in [-0.2, 0) is 10.0 Å². The van der Waals surface area contributed by atoms with E-state index >= 15 is 0 Å². The molecule has 0 radical (unpaired) electrons. The number of hydrogen-bond acceptors (Lipinski definition) is 3. The molecule has 0 aliphatic carbocycles. The number of carbonyl (C=O) groups excluding carboxylic acids is 1. The van der Waals surface area contributed by atoms with Crippen LogP contribution in [0, 0.1) is 6.92 Å². The van der Waals surface area contributed by atoms with Gasteiger partial charge in [-0.1, -0.05) is 41.4 Å². The first kappa shape index (κ1) is 20.1. The maximum Gasteiger partial charge on any atom is 0.253 e. The molecule has 0 aromatic heterocycles. The molecule has 0 unspecified atom stereocenters. The van der Waals surface area contributed by atoms with E-state index in [1.54, 1.807) is 49.4 Å². The second-order valence-electron chi connectivity index (χ2n) is 6.52. The zero-order valence-corrected chi connectivity index (χ0v) is 17.1. The van der Waals surface area contributed by atoms with Gasteiger partial charge < -0.3 is 5.32 Å². The van der Waals surface area contributed by atoms with Gasteiger partial charge in [-0.25, -0.2) is 8.42 Å². The lowest BCUT2D eigenvalue weighted by molar-refractivity contribution is 0.0921. The first-order valence-electron chi connectivity index (χ1n) is 8.61. The Morgan fingerprint density at radius 2 is 1.81 bits per heavy atom. The summed E-state index contributed by atoms with van der Waals surface area (Å²) in [6, 6.07) is 11.4. The summed E-state index contributed by atoms with van der Waals surface area (Å²) in [5, 5.41) is 3.68. The van der Waals surface area contributed by atoms with Crippen molar-refractivity contribution in [1.29, 1.82) is 0 Å². The van der Waals surface area contributed by atoms with Crippen molar-refractivity contribution < 1.29 is 13.2 Å². The number of sulfonamides is 1. The zero-order chi connectivity index (χ0) is 19.6. The fourth-order valence-electron chi connectivity index (χ4n) is 3.19. The van der Waals surface area contributed by atoms with Crippen LogP contribution in [0.4, 0.5) is 0 Å². The molecule has 27 heavy (non-hydrogen) atoms. The van der Waals surface area contributed by atoms with Gasteiger partial charge in [0.05, 0.1) is 15.5 Å². The molecule has 0 saturated carbocycles. The summed E-state index contributed by atoms with van der Waals surface area (Å²) in [6.07, 6.45) is 1.36. The van der Waals surface area contributed by atoms with Crippen LogP contribution < -0.4 is 5.32 Å². The summed E-state index contributed by atoms with van der Waals surface area (Å²) in [5.74, 6) is -0.302. The summed E-state index contributed by atoms with van der Waals surface area (Å²) in [6.45, 7) is 2.31. The quantitative estimate of drug-likeness (QED) is 0.805. The van der Waals surface area contributed by atoms with E-state index in [0.29, 0.717) is 40.6 Å². The third-order valence-corrected chi connectivity index (χ3v) is 7.42. The van der Waals surface area contributed by atoms with E-state index in [1.165, 1.54) is 4.31 Å². The third-order valence-electron chi connectivity index (χ3n) is 4.67. The van der Waals surface area contributed by atoms with Crippen LogP contribution in [0.25, 0.3) is 0 Å². The molecule has 1 aliphatic heterocycles. The van der Waals surface area contributed by atoms with Gasteiger partial charge in [-0.15, -0.1) is 0 Å². The molecule has 1 amide bonds. The van der Waals surface area contributed by atoms with Crippen molar-refractivity contribution in [1.82, 2.24) is 9.62 Å². The number of nitrogens with one attached hydrogen (secondary N) is 1. The number of rotatable bonds is 4. The fourth-order valence-corrected chi connectivity index (χ4v) is 5.42. The first-order chi connectivity index (χ1) is 12.8. The van der Waals surface area contributed by atoms with Gasteiger partial charge in [0.25, 0.3) is 5.91 Å². The molecule has 1 fully saturated rings. The van der Waals surface area contributed by atoms with Gasteiger partial charge in [-0.05, 0) is 49.6 Å². The van der Waals surface area contributed by atoms with Crippen molar-refractivity contribution in [3.8, 4) is 0 Å². The molecule has 2 aromatic rings. The van der Waals surface area contributed by atoms with Crippen molar-refractivity contribution >= 4 is 39.1 Å². The largest absolute Gasteiger partial charge is 0.348 e. The molecular formula is C19H20Cl2N2O3S. The minimum atomic E-state index is -3.69. The third kappa shape index (κ3) is 4.29. The van der Waals surface area contributed by atoms with Crippen molar-refractivity contribution in [2.75, 3.05) is 13.1 Å². The van der Waals surface area contributed by atoms with Crippen molar-refractivity contribution in [3.05, 3.63) is 63.6 Å². The van der Waals surface area contributed by atoms with Crippen LogP contribution in [0.2, 0.25) is 10.0 Å². The smallest absolute Gasteiger partial charge is 0.253 e. The Labute approximate surface area is 169 Å². The summed E-state index contributed by atoms with van der Waals surface area (Å²) in [5.41, 5.74) is 0.909. The lowest BCUT2D eigenvalue weighted by atomic mass is 10.1. The van der Waals surface area contributed by atoms with Gasteiger partial charge >= 0.3 is 0 Å². The highest BCUT2D eigenvalue weighted by atomic mass is 35.5. The minimum absolute atomic E-state index is 0.202. The molecule has 144 valence electrons. The molecule has 1 atom stereocenters. The van der Waals surface area contributed by atoms with E-state index in [-0.39, 0.29) is 23.4 Å². The summed E-state index contributed by atoms with van der Waals surface area (Å²) in [7, 11) is -3.69. The maximum atomic E-state index is 13.0. The molecule has 0 bridgehead atoms. The molecule has 0 spiro atoms. The number of amides is 1. The van der Waals surface area contributed by atoms with Crippen LogP contribution in [-0.4, -0.2) is 37.8 Å². The Hall–Kier alpha value is -1.60. The Balaban J connectivity index is 1.77. The summed E-state index contributed by atoms with van der Waals surface area (Å²) in [4.78, 5) is 12.7. The molecular weight excluding hydrogens is 407 g/mol. The van der Waals surface area contributed by atoms with Crippen LogP contribution in [0.5, 0.6) is 0 Å². The number of benzene rings is 2. The van der Waals surface area contributed by atoms with Gasteiger partial charge in [0.1, 0.15) is 0 Å². The van der Waals surface area contributed by atoms with Gasteiger partial charge in [-0.2, -0.15) is 4.31 Å². The average molecular weight is 427 g/mol. The maximum absolute atomic E-state index is 13.0. The predicted molar refractivity (Wildman–Crippen MR) is 107 cm³/mol. The SMILES string of the molecule is Cc1c(Cl)cccc1S(=O)(=O)N1CCC[C@H](NC(=O)c2ccccc2Cl)C1. The summed E-state index contributed by atoms with van der Waals surface area (Å²) < 4.78 is 27.5. The molecule has 1 aliphatic rings. The molecule has 2 aromatic carbocycles. The van der Waals surface area contributed by atoms with Gasteiger partial charge in [-0.3, -0.25) is 4.79 Å². The highest BCUT2D eigenvalue weighted by Gasteiger charge is 2.32. The molecule has 1 heterocycles. The van der Waals surface area contributed by atoms with Crippen LogP contribution in [0.1, 0.15) is 28.8 Å². The van der Waals surface area contributed by atoms with Gasteiger partial charge in [0, 0.05) is 24.2 Å². The van der Waals surface area contributed by atoms with Crippen molar-refractivity contribution in [2.45, 2.75) is 30.7 Å². The standard InChI is InChI=1S/C19H20Cl2N2O3S/c1-13-16(20)9-4-10-18(13)27(25,26)23-11-5-6-14(12-23)22-19(24)15-7-2-3-8-17(15)21/h2-4,7-10,14H,5-6,11-12H2,1H3,(H,22,24)/t14-/m0/s1. The Kier molecular flexibility index (Phi) is 6.11. The number of nitrogens with zero attached hydrogens (tertiary/aromatic N) is 1. The van der Waals surface area contributed by atoms with E-state index in [0.717, 1.165) is 0 Å². The van der Waals surface area contributed by atoms with E-state index in [4.69, 9.17) is 23.2 Å². The van der Waals surface area contributed by atoms with Crippen LogP contribution in [0.3, 0.4) is 0 Å². The molecule has 5 nitrogen and oxygen atoms in total. The fraction of sp³-hybridized carbons (Fsp3) is 0.316. The lowest BCUT2D eigenvalue weighted by Crippen LogP contribution is -2.49. The topological polar surface area (TPSA) is 66.5 Å². The molecule has 1 N–H and O–H groups in total. The van der Waals surface area contributed by atoms with Crippen LogP contribution >= 0.6 is 23.2 Å². The van der Waals surface area contributed by atoms with Crippen LogP contribution in [0.15, 0.2) is 47.4 Å². The molecule has 3 rings (SSSR count). The molecule has 1 saturated heterocycles. The van der Waals surface area contributed by atoms with Gasteiger partial charge in [0.2, 0.25) is 10.0 Å². The predicted octanol–water partition coefficient (Wildman–Crippen LogP) is 3.88. The van der Waals surface area contributed by atoms with E-state index in [1.807, 2.05) is 0 Å². The van der Waals surface area contributed by atoms with Gasteiger partial charge in [0.15, 0.2) is 0 Å². The zero-order valence-electron chi connectivity index (χ0n) is 14.8. The number of piperidine rings is 1. The summed E-state index contributed by atoms with van der Waals surface area (Å²) >= 11 is 12.2. The normalized spacial score (nSPS) is 18.3. The van der Waals surface area contributed by atoms with Crippen molar-refractivity contribution in [2.24, 2.45) is 0 Å². The first-order valence-corrected chi connectivity index (χ1v) is 10.8. The minimum Gasteiger partial charge on any atom is -0.348 e. The van der Waals surface area contributed by atoms with E-state index < -0.39 is 10.0 Å². The lowest BCUT2D eigenvalue weighted by Gasteiger charge is -2.32. The van der Waals surface area contributed by atoms with E-state index in [9.17, 15) is 13.2 Å². The second-order valence-corrected chi connectivity index (χ2v) is 9.24. The number of halogens is 2. The highest BCUT2D eigenvalue weighted by Crippen LogP contribution is 2.27. The number of carbonyl (C=O) groups is 1. The molecule has 8 heteroatoms. The second kappa shape index (κ2) is 8.19. The average Bonchev–Trinajstić information content (AvgIpc) is 2.64. The van der Waals surface area contributed by atoms with E-state index in [2.05, 4.69) is 5.32 Å². The monoisotopic (exact) mass is 426 g/mol. The van der Waals surface area contributed by atoms with Crippen molar-refractivity contribution in [3.63, 3.8) is 0 Å². The Bertz CT molecular complexity index is 963. The Morgan fingerprint density at radius 1 is 1.11 bits per heavy atom.